The van der Waals surface area contributed by atoms with Crippen molar-refractivity contribution in [3.8, 4) is 11.3 Å². The molecule has 3 rings (SSSR count). The Hall–Kier alpha value is -2.99. The number of carbonyl (C=O) groups excluding carboxylic acids is 2. The van der Waals surface area contributed by atoms with E-state index in [2.05, 4.69) is 36.4 Å². The second-order valence-corrected chi connectivity index (χ2v) is 8.95. The lowest BCUT2D eigenvalue weighted by atomic mass is 9.87. The number of rotatable bonds is 5. The van der Waals surface area contributed by atoms with Crippen molar-refractivity contribution in [3.05, 3.63) is 70.0 Å². The van der Waals surface area contributed by atoms with Crippen molar-refractivity contribution >= 4 is 28.8 Å². The number of amides is 2. The Morgan fingerprint density at radius 2 is 1.66 bits per heavy atom. The predicted molar refractivity (Wildman–Crippen MR) is 118 cm³/mol. The summed E-state index contributed by atoms with van der Waals surface area (Å²) in [7, 11) is 0. The van der Waals surface area contributed by atoms with E-state index in [1.165, 1.54) is 0 Å². The topological polar surface area (TPSA) is 71.1 Å². The first-order valence-electron chi connectivity index (χ1n) is 9.43. The van der Waals surface area contributed by atoms with Gasteiger partial charge in [0.1, 0.15) is 0 Å². The van der Waals surface area contributed by atoms with Crippen LogP contribution in [0.1, 0.15) is 41.7 Å². The number of anilines is 1. The molecule has 1 aromatic heterocycles. The first kappa shape index (κ1) is 20.7. The smallest absolute Gasteiger partial charge is 0.251 e. The summed E-state index contributed by atoms with van der Waals surface area (Å²) in [6, 6.07) is 14.9. The second kappa shape index (κ2) is 8.57. The monoisotopic (exact) mass is 407 g/mol. The Kier molecular flexibility index (Phi) is 6.13. The molecule has 0 atom stereocenters. The van der Waals surface area contributed by atoms with E-state index < -0.39 is 0 Å². The molecule has 0 spiro atoms. The van der Waals surface area contributed by atoms with Crippen LogP contribution in [0, 0.1) is 6.92 Å². The third-order valence-electron chi connectivity index (χ3n) is 4.51. The molecule has 0 saturated carbocycles. The Labute approximate surface area is 175 Å². The highest BCUT2D eigenvalue weighted by Gasteiger charge is 2.14. The maximum atomic E-state index is 12.3. The molecule has 0 radical (unpaired) electrons. The van der Waals surface area contributed by atoms with Gasteiger partial charge in [0.05, 0.1) is 17.2 Å². The highest BCUT2D eigenvalue weighted by Crippen LogP contribution is 2.23. The van der Waals surface area contributed by atoms with Crippen LogP contribution >= 0.6 is 11.3 Å². The third-order valence-corrected chi connectivity index (χ3v) is 5.28. The van der Waals surface area contributed by atoms with Gasteiger partial charge >= 0.3 is 0 Å². The van der Waals surface area contributed by atoms with Gasteiger partial charge in [-0.15, -0.1) is 11.3 Å². The Balaban J connectivity index is 1.52. The molecular formula is C23H25N3O2S. The SMILES string of the molecule is Cc1nc(-c2ccc(NC(=O)CNC(=O)c3ccc(C(C)(C)C)cc3)cc2)cs1. The number of thiazole rings is 1. The lowest BCUT2D eigenvalue weighted by molar-refractivity contribution is -0.115. The van der Waals surface area contributed by atoms with Crippen molar-refractivity contribution in [1.29, 1.82) is 0 Å². The summed E-state index contributed by atoms with van der Waals surface area (Å²) < 4.78 is 0. The molecule has 0 saturated heterocycles. The number of aryl methyl sites for hydroxylation is 1. The van der Waals surface area contributed by atoms with Crippen LogP contribution in [0.5, 0.6) is 0 Å². The van der Waals surface area contributed by atoms with Crippen LogP contribution in [0.25, 0.3) is 11.3 Å². The molecule has 0 aliphatic rings. The fourth-order valence-corrected chi connectivity index (χ4v) is 3.43. The maximum absolute atomic E-state index is 12.3. The van der Waals surface area contributed by atoms with Gasteiger partial charge < -0.3 is 10.6 Å². The van der Waals surface area contributed by atoms with E-state index in [4.69, 9.17) is 0 Å². The number of hydrogen-bond donors (Lipinski definition) is 2. The van der Waals surface area contributed by atoms with Gasteiger partial charge in [0.2, 0.25) is 5.91 Å². The van der Waals surface area contributed by atoms with Crippen LogP contribution in [0.3, 0.4) is 0 Å². The van der Waals surface area contributed by atoms with Crippen LogP contribution in [0.15, 0.2) is 53.9 Å². The molecular weight excluding hydrogens is 382 g/mol. The molecule has 0 bridgehead atoms. The second-order valence-electron chi connectivity index (χ2n) is 7.89. The first-order chi connectivity index (χ1) is 13.7. The molecule has 2 N–H and O–H groups in total. The summed E-state index contributed by atoms with van der Waals surface area (Å²) in [5.74, 6) is -0.545. The number of aromatic nitrogens is 1. The van der Waals surface area contributed by atoms with Gasteiger partial charge in [0.15, 0.2) is 0 Å². The van der Waals surface area contributed by atoms with Gasteiger partial charge in [-0.2, -0.15) is 0 Å². The quantitative estimate of drug-likeness (QED) is 0.639. The average Bonchev–Trinajstić information content (AvgIpc) is 3.12. The molecule has 0 unspecified atom stereocenters. The molecule has 0 aliphatic carbocycles. The van der Waals surface area contributed by atoms with Crippen LogP contribution in [0.4, 0.5) is 5.69 Å². The van der Waals surface area contributed by atoms with E-state index in [0.29, 0.717) is 11.3 Å². The molecule has 1 heterocycles. The lowest BCUT2D eigenvalue weighted by Gasteiger charge is -2.19. The normalized spacial score (nSPS) is 11.2. The standard InChI is InChI=1S/C23H25N3O2S/c1-15-25-20(14-29-15)16-7-11-19(12-8-16)26-21(27)13-24-22(28)17-5-9-18(10-6-17)23(2,3)4/h5-12,14H,13H2,1-4H3,(H,24,28)(H,26,27). The Morgan fingerprint density at radius 1 is 1.00 bits per heavy atom. The number of carbonyl (C=O) groups is 2. The van der Waals surface area contributed by atoms with Gasteiger partial charge in [-0.3, -0.25) is 9.59 Å². The van der Waals surface area contributed by atoms with Gasteiger partial charge in [-0.1, -0.05) is 45.0 Å². The summed E-state index contributed by atoms with van der Waals surface area (Å²) in [6.07, 6.45) is 0. The van der Waals surface area contributed by atoms with Crippen LogP contribution in [0.2, 0.25) is 0 Å². The Bertz CT molecular complexity index is 1000. The minimum absolute atomic E-state index is 0.0305. The van der Waals surface area contributed by atoms with E-state index in [9.17, 15) is 9.59 Å². The van der Waals surface area contributed by atoms with Crippen molar-refractivity contribution in [3.63, 3.8) is 0 Å². The molecule has 0 fully saturated rings. The molecule has 5 nitrogen and oxygen atoms in total. The van der Waals surface area contributed by atoms with E-state index >= 15 is 0 Å². The summed E-state index contributed by atoms with van der Waals surface area (Å²) in [5, 5.41) is 8.47. The molecule has 150 valence electrons. The maximum Gasteiger partial charge on any atom is 0.251 e. The number of nitrogens with one attached hydrogen (secondary N) is 2. The number of hydrogen-bond acceptors (Lipinski definition) is 4. The van der Waals surface area contributed by atoms with Gasteiger partial charge in [-0.25, -0.2) is 4.98 Å². The van der Waals surface area contributed by atoms with Crippen molar-refractivity contribution in [1.82, 2.24) is 10.3 Å². The first-order valence-corrected chi connectivity index (χ1v) is 10.3. The van der Waals surface area contributed by atoms with E-state index in [1.54, 1.807) is 23.5 Å². The summed E-state index contributed by atoms with van der Waals surface area (Å²) in [5.41, 5.74) is 4.32. The molecule has 2 amide bonds. The van der Waals surface area contributed by atoms with Crippen molar-refractivity contribution < 1.29 is 9.59 Å². The van der Waals surface area contributed by atoms with E-state index in [1.807, 2.05) is 48.7 Å². The zero-order valence-corrected chi connectivity index (χ0v) is 17.9. The van der Waals surface area contributed by atoms with Crippen LogP contribution in [-0.2, 0) is 10.2 Å². The zero-order chi connectivity index (χ0) is 21.0. The average molecular weight is 408 g/mol. The highest BCUT2D eigenvalue weighted by atomic mass is 32.1. The number of nitrogens with zero attached hydrogens (tertiary/aromatic N) is 1. The fraction of sp³-hybridized carbons (Fsp3) is 0.261. The van der Waals surface area contributed by atoms with Crippen molar-refractivity contribution in [2.45, 2.75) is 33.1 Å². The van der Waals surface area contributed by atoms with Gasteiger partial charge in [0, 0.05) is 22.2 Å². The minimum atomic E-state index is -0.276. The van der Waals surface area contributed by atoms with E-state index in [-0.39, 0.29) is 23.8 Å². The van der Waals surface area contributed by atoms with Gasteiger partial charge in [0.25, 0.3) is 5.91 Å². The summed E-state index contributed by atoms with van der Waals surface area (Å²) >= 11 is 1.60. The minimum Gasteiger partial charge on any atom is -0.343 e. The molecule has 0 aliphatic heterocycles. The zero-order valence-electron chi connectivity index (χ0n) is 17.1. The van der Waals surface area contributed by atoms with Crippen molar-refractivity contribution in [2.24, 2.45) is 0 Å². The van der Waals surface area contributed by atoms with E-state index in [0.717, 1.165) is 21.8 Å². The predicted octanol–water partition coefficient (Wildman–Crippen LogP) is 4.78. The largest absolute Gasteiger partial charge is 0.343 e. The van der Waals surface area contributed by atoms with Gasteiger partial charge in [-0.05, 0) is 42.2 Å². The Morgan fingerprint density at radius 3 is 2.21 bits per heavy atom. The summed E-state index contributed by atoms with van der Waals surface area (Å²) in [4.78, 5) is 28.9. The van der Waals surface area contributed by atoms with Crippen LogP contribution < -0.4 is 10.6 Å². The lowest BCUT2D eigenvalue weighted by Crippen LogP contribution is -2.32. The number of benzene rings is 2. The molecule has 3 aromatic rings. The molecule has 2 aromatic carbocycles. The fourth-order valence-electron chi connectivity index (χ4n) is 2.81. The van der Waals surface area contributed by atoms with Crippen molar-refractivity contribution in [2.75, 3.05) is 11.9 Å². The molecule has 29 heavy (non-hydrogen) atoms. The third kappa shape index (κ3) is 5.51. The summed E-state index contributed by atoms with van der Waals surface area (Å²) in [6.45, 7) is 8.24. The van der Waals surface area contributed by atoms with Crippen LogP contribution in [-0.4, -0.2) is 23.3 Å². The highest BCUT2D eigenvalue weighted by molar-refractivity contribution is 7.09. The molecule has 6 heteroatoms.